The minimum atomic E-state index is -0.834. The molecule has 0 spiro atoms. The minimum absolute atomic E-state index is 0.332. The third-order valence-electron chi connectivity index (χ3n) is 7.39. The molecule has 0 aliphatic carbocycles. The van der Waals surface area contributed by atoms with E-state index in [9.17, 15) is 9.59 Å². The Bertz CT molecular complexity index is 567. The van der Waals surface area contributed by atoms with Crippen molar-refractivity contribution >= 4 is 11.9 Å². The monoisotopic (exact) mass is 565 g/mol. The van der Waals surface area contributed by atoms with E-state index in [0.717, 1.165) is 25.7 Å². The summed E-state index contributed by atoms with van der Waals surface area (Å²) < 4.78 is 0. The molecule has 2 N–H and O–H groups in total. The van der Waals surface area contributed by atoms with Crippen LogP contribution in [0.4, 0.5) is 0 Å². The lowest BCUT2D eigenvalue weighted by molar-refractivity contribution is -0.137. The first-order valence-corrected chi connectivity index (χ1v) is 17.3. The Labute approximate surface area is 249 Å². The van der Waals surface area contributed by atoms with E-state index in [1.54, 1.807) is 6.08 Å². The maximum atomic E-state index is 10.3. The molecule has 0 saturated heterocycles. The van der Waals surface area contributed by atoms with Crippen LogP contribution < -0.4 is 0 Å². The van der Waals surface area contributed by atoms with E-state index >= 15 is 0 Å². The van der Waals surface area contributed by atoms with Gasteiger partial charge in [0.25, 0.3) is 0 Å². The minimum Gasteiger partial charge on any atom is -0.481 e. The van der Waals surface area contributed by atoms with Gasteiger partial charge in [-0.15, -0.1) is 0 Å². The molecule has 0 saturated carbocycles. The van der Waals surface area contributed by atoms with E-state index in [0.29, 0.717) is 6.42 Å². The molecule has 0 bridgehead atoms. The van der Waals surface area contributed by atoms with Gasteiger partial charge in [0.1, 0.15) is 0 Å². The predicted molar refractivity (Wildman–Crippen MR) is 174 cm³/mol. The summed E-state index contributed by atoms with van der Waals surface area (Å²) in [5, 5.41) is 16.9. The van der Waals surface area contributed by atoms with Gasteiger partial charge in [-0.05, 0) is 44.9 Å². The van der Waals surface area contributed by atoms with E-state index in [1.807, 2.05) is 0 Å². The highest BCUT2D eigenvalue weighted by molar-refractivity contribution is 5.79. The van der Waals surface area contributed by atoms with Crippen LogP contribution in [0.1, 0.15) is 194 Å². The highest BCUT2D eigenvalue weighted by atomic mass is 16.4. The lowest BCUT2D eigenvalue weighted by Crippen LogP contribution is -1.93. The zero-order chi connectivity index (χ0) is 29.8. The SMILES string of the molecule is CCCCCCCC/C=C\CCCCCCCC(=O)O.CCCCCCCCCCCCCCC/C=C/C(=O)O. The van der Waals surface area contributed by atoms with Gasteiger partial charge >= 0.3 is 11.9 Å². The Morgan fingerprint density at radius 1 is 0.425 bits per heavy atom. The fourth-order valence-electron chi connectivity index (χ4n) is 4.81. The van der Waals surface area contributed by atoms with Crippen molar-refractivity contribution in [3.8, 4) is 0 Å². The molecule has 0 aliphatic heterocycles. The van der Waals surface area contributed by atoms with Crippen LogP contribution in [-0.2, 0) is 9.59 Å². The van der Waals surface area contributed by atoms with E-state index in [-0.39, 0.29) is 0 Å². The van der Waals surface area contributed by atoms with Crippen molar-refractivity contribution in [1.82, 2.24) is 0 Å². The fraction of sp³-hybridized carbons (Fsp3) is 0.833. The van der Waals surface area contributed by atoms with Crippen molar-refractivity contribution in [2.75, 3.05) is 0 Å². The number of hydrogen-bond donors (Lipinski definition) is 2. The number of carboxylic acids is 2. The van der Waals surface area contributed by atoms with Gasteiger partial charge in [-0.1, -0.05) is 160 Å². The normalized spacial score (nSPS) is 11.2. The van der Waals surface area contributed by atoms with Crippen LogP contribution >= 0.6 is 0 Å². The van der Waals surface area contributed by atoms with Crippen LogP contribution in [0.15, 0.2) is 24.3 Å². The smallest absolute Gasteiger partial charge is 0.327 e. The summed E-state index contributed by atoms with van der Waals surface area (Å²) in [5.74, 6) is -1.50. The summed E-state index contributed by atoms with van der Waals surface area (Å²) >= 11 is 0. The average molecular weight is 565 g/mol. The maximum absolute atomic E-state index is 10.3. The molecule has 0 aromatic carbocycles. The summed E-state index contributed by atoms with van der Waals surface area (Å²) in [4.78, 5) is 20.6. The highest BCUT2D eigenvalue weighted by Gasteiger charge is 1.96. The predicted octanol–water partition coefficient (Wildman–Crippen LogP) is 12.2. The first-order valence-electron chi connectivity index (χ1n) is 17.3. The Hall–Kier alpha value is -1.58. The summed E-state index contributed by atoms with van der Waals surface area (Å²) in [6.45, 7) is 4.53. The van der Waals surface area contributed by atoms with Crippen LogP contribution in [-0.4, -0.2) is 22.2 Å². The van der Waals surface area contributed by atoms with Crippen molar-refractivity contribution < 1.29 is 19.8 Å². The van der Waals surface area contributed by atoms with Crippen molar-refractivity contribution in [2.45, 2.75) is 194 Å². The molecule has 0 aromatic heterocycles. The van der Waals surface area contributed by atoms with Gasteiger partial charge in [0.2, 0.25) is 0 Å². The molecule has 0 aliphatic rings. The molecule has 0 atom stereocenters. The zero-order valence-electron chi connectivity index (χ0n) is 26.8. The molecule has 0 amide bonds. The molecule has 0 fully saturated rings. The molecule has 0 rings (SSSR count). The molecule has 4 nitrogen and oxygen atoms in total. The van der Waals surface area contributed by atoms with Crippen molar-refractivity contribution in [2.24, 2.45) is 0 Å². The number of allylic oxidation sites excluding steroid dienone is 3. The van der Waals surface area contributed by atoms with Gasteiger partial charge < -0.3 is 10.2 Å². The van der Waals surface area contributed by atoms with Crippen LogP contribution in [0, 0.1) is 0 Å². The summed E-state index contributed by atoms with van der Waals surface area (Å²) in [6, 6.07) is 0. The van der Waals surface area contributed by atoms with Gasteiger partial charge in [-0.3, -0.25) is 4.79 Å². The number of carbonyl (C=O) groups is 2. The van der Waals surface area contributed by atoms with Crippen molar-refractivity contribution in [3.63, 3.8) is 0 Å². The molecule has 40 heavy (non-hydrogen) atoms. The van der Waals surface area contributed by atoms with Crippen LogP contribution in [0.5, 0.6) is 0 Å². The molecule has 0 unspecified atom stereocenters. The van der Waals surface area contributed by atoms with Gasteiger partial charge in [0.05, 0.1) is 0 Å². The summed E-state index contributed by atoms with van der Waals surface area (Å²) in [6.07, 6.45) is 42.8. The largest absolute Gasteiger partial charge is 0.481 e. The Morgan fingerprint density at radius 3 is 1.05 bits per heavy atom. The molecule has 0 radical (unpaired) electrons. The Kier molecular flexibility index (Phi) is 37.9. The fourth-order valence-corrected chi connectivity index (χ4v) is 4.81. The second-order valence-corrected chi connectivity index (χ2v) is 11.5. The Morgan fingerprint density at radius 2 is 0.725 bits per heavy atom. The van der Waals surface area contributed by atoms with Gasteiger partial charge in [-0.25, -0.2) is 4.79 Å². The van der Waals surface area contributed by atoms with Crippen molar-refractivity contribution in [1.29, 1.82) is 0 Å². The van der Waals surface area contributed by atoms with E-state index in [1.165, 1.54) is 154 Å². The molecule has 4 heteroatoms. The van der Waals surface area contributed by atoms with Crippen molar-refractivity contribution in [3.05, 3.63) is 24.3 Å². The third-order valence-corrected chi connectivity index (χ3v) is 7.39. The van der Waals surface area contributed by atoms with Gasteiger partial charge in [0, 0.05) is 12.5 Å². The molecule has 0 aromatic rings. The van der Waals surface area contributed by atoms with E-state index < -0.39 is 11.9 Å². The maximum Gasteiger partial charge on any atom is 0.327 e. The summed E-state index contributed by atoms with van der Waals surface area (Å²) in [5.41, 5.74) is 0. The molecular weight excluding hydrogens is 496 g/mol. The summed E-state index contributed by atoms with van der Waals surface area (Å²) in [7, 11) is 0. The van der Waals surface area contributed by atoms with Crippen LogP contribution in [0.2, 0.25) is 0 Å². The van der Waals surface area contributed by atoms with E-state index in [2.05, 4.69) is 26.0 Å². The number of rotatable bonds is 30. The number of unbranched alkanes of at least 4 members (excludes halogenated alkanes) is 24. The first kappa shape index (κ1) is 40.6. The molecular formula is C36H68O4. The quantitative estimate of drug-likeness (QED) is 0.0517. The molecule has 0 heterocycles. The van der Waals surface area contributed by atoms with Gasteiger partial charge in [0.15, 0.2) is 0 Å². The van der Waals surface area contributed by atoms with E-state index in [4.69, 9.17) is 10.2 Å². The zero-order valence-corrected chi connectivity index (χ0v) is 26.8. The number of aliphatic carboxylic acids is 2. The standard InChI is InChI=1S/2C18H34O2/c2*1-2-3-4-5-6-7-8-9-10-11-12-13-14-15-16-17-18(19)20/h16-17H,2-15H2,1H3,(H,19,20);9-10H,2-8,11-17H2,1H3,(H,19,20)/b17-16+;10-9-. The second kappa shape index (κ2) is 37.4. The Balaban J connectivity index is 0. The first-order chi connectivity index (χ1) is 19.5. The number of carboxylic acid groups (broad SMARTS) is 2. The van der Waals surface area contributed by atoms with Gasteiger partial charge in [-0.2, -0.15) is 0 Å². The highest BCUT2D eigenvalue weighted by Crippen LogP contribution is 2.13. The average Bonchev–Trinajstić information content (AvgIpc) is 2.93. The third kappa shape index (κ3) is 43.5. The lowest BCUT2D eigenvalue weighted by Gasteiger charge is -2.02. The van der Waals surface area contributed by atoms with Crippen LogP contribution in [0.3, 0.4) is 0 Å². The second-order valence-electron chi connectivity index (χ2n) is 11.5. The lowest BCUT2D eigenvalue weighted by atomic mass is 10.0. The number of hydrogen-bond acceptors (Lipinski definition) is 2. The molecule has 236 valence electrons. The van der Waals surface area contributed by atoms with Crippen LogP contribution in [0.25, 0.3) is 0 Å². The topological polar surface area (TPSA) is 74.6 Å².